The van der Waals surface area contributed by atoms with Crippen molar-refractivity contribution in [2.24, 2.45) is 15.7 Å². The number of rotatable bonds is 5. The number of aliphatic imine (C=N–C) groups is 2. The minimum absolute atomic E-state index is 0.0649. The molecule has 0 amide bonds. The van der Waals surface area contributed by atoms with Crippen molar-refractivity contribution in [1.29, 1.82) is 5.41 Å². The third-order valence-corrected chi connectivity index (χ3v) is 4.47. The zero-order chi connectivity index (χ0) is 20.1. The van der Waals surface area contributed by atoms with E-state index in [4.69, 9.17) is 43.8 Å². The molecule has 0 aliphatic carbocycles. The molecule has 3 rings (SSSR count). The van der Waals surface area contributed by atoms with E-state index in [2.05, 4.69) is 16.1 Å². The minimum Gasteiger partial charge on any atom is -0.441 e. The SMILES string of the molecule is Cc1cc(CCCl)cc(OC2=NCCC(Oc3cc(C(=N)N)ccc3Cl)=N2)c1. The molecule has 28 heavy (non-hydrogen) atoms. The van der Waals surface area contributed by atoms with Gasteiger partial charge in [0.2, 0.25) is 5.90 Å². The summed E-state index contributed by atoms with van der Waals surface area (Å²) in [5.41, 5.74) is 8.21. The quantitative estimate of drug-likeness (QED) is 0.429. The van der Waals surface area contributed by atoms with Crippen molar-refractivity contribution in [2.45, 2.75) is 19.8 Å². The van der Waals surface area contributed by atoms with Crippen molar-refractivity contribution < 1.29 is 9.47 Å². The molecule has 0 atom stereocenters. The number of hydrogen-bond acceptors (Lipinski definition) is 5. The fraction of sp³-hybridized carbons (Fsp3) is 0.250. The number of amidine groups is 2. The fourth-order valence-electron chi connectivity index (χ4n) is 2.69. The maximum atomic E-state index is 7.55. The van der Waals surface area contributed by atoms with Crippen molar-refractivity contribution in [2.75, 3.05) is 12.4 Å². The lowest BCUT2D eigenvalue weighted by Gasteiger charge is -2.15. The maximum Gasteiger partial charge on any atom is 0.320 e. The first kappa shape index (κ1) is 20.2. The average molecular weight is 419 g/mol. The molecular formula is C20H20Cl2N4O2. The summed E-state index contributed by atoms with van der Waals surface area (Å²) in [4.78, 5) is 8.65. The summed E-state index contributed by atoms with van der Waals surface area (Å²) in [5, 5.41) is 7.95. The fourth-order valence-corrected chi connectivity index (χ4v) is 3.07. The molecule has 0 aromatic heterocycles. The molecule has 0 saturated heterocycles. The summed E-state index contributed by atoms with van der Waals surface area (Å²) in [6.45, 7) is 2.48. The molecule has 0 spiro atoms. The lowest BCUT2D eigenvalue weighted by molar-refractivity contribution is 0.503. The Kier molecular flexibility index (Phi) is 6.54. The Morgan fingerprint density at radius 2 is 2.04 bits per heavy atom. The van der Waals surface area contributed by atoms with Gasteiger partial charge in [0.1, 0.15) is 17.3 Å². The molecule has 1 heterocycles. The Labute approximate surface area is 173 Å². The average Bonchev–Trinajstić information content (AvgIpc) is 2.63. The Bertz CT molecular complexity index is 957. The molecule has 0 radical (unpaired) electrons. The summed E-state index contributed by atoms with van der Waals surface area (Å²) in [6.07, 6.45) is 1.27. The van der Waals surface area contributed by atoms with Crippen LogP contribution >= 0.6 is 23.2 Å². The molecule has 3 N–H and O–H groups in total. The van der Waals surface area contributed by atoms with Gasteiger partial charge in [-0.15, -0.1) is 11.6 Å². The Hall–Kier alpha value is -2.57. The van der Waals surface area contributed by atoms with Gasteiger partial charge in [-0.3, -0.25) is 5.41 Å². The first-order chi connectivity index (χ1) is 13.4. The third kappa shape index (κ3) is 5.24. The van der Waals surface area contributed by atoms with Crippen molar-refractivity contribution in [3.63, 3.8) is 0 Å². The zero-order valence-electron chi connectivity index (χ0n) is 15.3. The smallest absolute Gasteiger partial charge is 0.320 e. The van der Waals surface area contributed by atoms with E-state index in [1.165, 1.54) is 0 Å². The predicted octanol–water partition coefficient (Wildman–Crippen LogP) is 4.33. The molecule has 146 valence electrons. The van der Waals surface area contributed by atoms with E-state index in [-0.39, 0.29) is 11.9 Å². The molecule has 0 saturated carbocycles. The second-order valence-corrected chi connectivity index (χ2v) is 7.06. The monoisotopic (exact) mass is 418 g/mol. The van der Waals surface area contributed by atoms with Gasteiger partial charge in [0, 0.05) is 17.9 Å². The molecular weight excluding hydrogens is 399 g/mol. The Morgan fingerprint density at radius 3 is 2.79 bits per heavy atom. The third-order valence-electron chi connectivity index (χ3n) is 3.97. The van der Waals surface area contributed by atoms with Crippen LogP contribution in [-0.4, -0.2) is 30.2 Å². The summed E-state index contributed by atoms with van der Waals surface area (Å²) in [7, 11) is 0. The van der Waals surface area contributed by atoms with Gasteiger partial charge in [-0.25, -0.2) is 4.99 Å². The normalized spacial score (nSPS) is 13.5. The van der Waals surface area contributed by atoms with Gasteiger partial charge in [0.25, 0.3) is 0 Å². The van der Waals surface area contributed by atoms with E-state index in [0.717, 1.165) is 17.5 Å². The van der Waals surface area contributed by atoms with Crippen LogP contribution in [0.2, 0.25) is 5.02 Å². The van der Waals surface area contributed by atoms with Crippen LogP contribution in [0.5, 0.6) is 11.5 Å². The zero-order valence-corrected chi connectivity index (χ0v) is 16.8. The van der Waals surface area contributed by atoms with Crippen LogP contribution in [-0.2, 0) is 6.42 Å². The van der Waals surface area contributed by atoms with Crippen LogP contribution < -0.4 is 15.2 Å². The second kappa shape index (κ2) is 9.08. The summed E-state index contributed by atoms with van der Waals surface area (Å²) in [5.74, 6) is 1.95. The van der Waals surface area contributed by atoms with E-state index in [1.807, 2.05) is 19.1 Å². The molecule has 6 nitrogen and oxygen atoms in total. The summed E-state index contributed by atoms with van der Waals surface area (Å²) < 4.78 is 11.7. The highest BCUT2D eigenvalue weighted by Gasteiger charge is 2.15. The molecule has 2 aromatic carbocycles. The van der Waals surface area contributed by atoms with E-state index < -0.39 is 0 Å². The maximum absolute atomic E-state index is 7.55. The minimum atomic E-state index is -0.0649. The number of alkyl halides is 1. The molecule has 0 unspecified atom stereocenters. The van der Waals surface area contributed by atoms with Gasteiger partial charge in [-0.2, -0.15) is 4.99 Å². The van der Waals surface area contributed by atoms with E-state index in [9.17, 15) is 0 Å². The predicted molar refractivity (Wildman–Crippen MR) is 114 cm³/mol. The molecule has 1 aliphatic heterocycles. The molecule has 8 heteroatoms. The standard InChI is InChI=1S/C20H20Cl2N4O2/c1-12-8-13(4-6-21)10-15(9-12)27-20-25-7-5-18(26-20)28-17-11-14(19(23)24)2-3-16(17)22/h2-3,8-11H,4-7H2,1H3,(H3,23,24). The second-order valence-electron chi connectivity index (χ2n) is 6.28. The van der Waals surface area contributed by atoms with E-state index in [1.54, 1.807) is 18.2 Å². The largest absolute Gasteiger partial charge is 0.441 e. The topological polar surface area (TPSA) is 93.0 Å². The number of nitrogens with two attached hydrogens (primary N) is 1. The van der Waals surface area contributed by atoms with Gasteiger partial charge in [0.05, 0.1) is 11.6 Å². The summed E-state index contributed by atoms with van der Waals surface area (Å²) in [6, 6.07) is 11.0. The number of halogens is 2. The number of ether oxygens (including phenoxy) is 2. The van der Waals surface area contributed by atoms with Crippen LogP contribution in [0.1, 0.15) is 23.1 Å². The van der Waals surface area contributed by atoms with Crippen LogP contribution in [0, 0.1) is 12.3 Å². The molecule has 0 bridgehead atoms. The first-order valence-corrected chi connectivity index (χ1v) is 9.64. The van der Waals surface area contributed by atoms with Crippen LogP contribution in [0.25, 0.3) is 0 Å². The number of hydrogen-bond donors (Lipinski definition) is 2. The lowest BCUT2D eigenvalue weighted by atomic mass is 10.1. The number of aryl methyl sites for hydroxylation is 2. The van der Waals surface area contributed by atoms with Gasteiger partial charge in [0.15, 0.2) is 0 Å². The van der Waals surface area contributed by atoms with Crippen LogP contribution in [0.4, 0.5) is 0 Å². The number of nitrogens with zero attached hydrogens (tertiary/aromatic N) is 2. The van der Waals surface area contributed by atoms with Crippen LogP contribution in [0.15, 0.2) is 46.4 Å². The molecule has 0 fully saturated rings. The van der Waals surface area contributed by atoms with Crippen LogP contribution in [0.3, 0.4) is 0 Å². The van der Waals surface area contributed by atoms with Crippen molar-refractivity contribution in [3.8, 4) is 11.5 Å². The van der Waals surface area contributed by atoms with E-state index >= 15 is 0 Å². The van der Waals surface area contributed by atoms with E-state index in [0.29, 0.717) is 46.8 Å². The van der Waals surface area contributed by atoms with Gasteiger partial charge in [-0.05, 0) is 54.8 Å². The first-order valence-electron chi connectivity index (χ1n) is 8.73. The highest BCUT2D eigenvalue weighted by atomic mass is 35.5. The van der Waals surface area contributed by atoms with Gasteiger partial charge in [-0.1, -0.05) is 17.7 Å². The highest BCUT2D eigenvalue weighted by Crippen LogP contribution is 2.26. The van der Waals surface area contributed by atoms with Crippen molar-refractivity contribution >= 4 is 41.0 Å². The summed E-state index contributed by atoms with van der Waals surface area (Å²) >= 11 is 12.0. The highest BCUT2D eigenvalue weighted by molar-refractivity contribution is 6.32. The molecule has 2 aromatic rings. The molecule has 1 aliphatic rings. The van der Waals surface area contributed by atoms with Crippen molar-refractivity contribution in [3.05, 3.63) is 58.1 Å². The Morgan fingerprint density at radius 1 is 1.21 bits per heavy atom. The van der Waals surface area contributed by atoms with Crippen molar-refractivity contribution in [1.82, 2.24) is 0 Å². The Balaban J connectivity index is 1.77. The number of nitrogens with one attached hydrogen (secondary N) is 1. The number of benzene rings is 2. The lowest BCUT2D eigenvalue weighted by Crippen LogP contribution is -2.21. The van der Waals surface area contributed by atoms with Gasteiger partial charge < -0.3 is 15.2 Å². The number of nitrogen functional groups attached to an aromatic ring is 1. The van der Waals surface area contributed by atoms with Gasteiger partial charge >= 0.3 is 6.02 Å².